The molecule has 0 unspecified atom stereocenters. The Kier molecular flexibility index (Phi) is 7.53. The summed E-state index contributed by atoms with van der Waals surface area (Å²) in [5, 5.41) is 5.35. The quantitative estimate of drug-likeness (QED) is 0.163. The number of benzene rings is 5. The SMILES string of the molecule is C1=c2cc(-c3ccc(-c4nc(Cc5ccccc5)nc(-c5ccc(-c6cc7cccnc7c7ncccc67)cc5)n4)cc3)c3cccnc3c2=NCC1. The Bertz CT molecular complexity index is 2960. The van der Waals surface area contributed by atoms with Gasteiger partial charge in [0.05, 0.1) is 21.9 Å². The normalized spacial score (nSPS) is 12.4. The molecule has 250 valence electrons. The first kappa shape index (κ1) is 30.8. The van der Waals surface area contributed by atoms with Gasteiger partial charge in [0.2, 0.25) is 0 Å². The van der Waals surface area contributed by atoms with Gasteiger partial charge in [0.15, 0.2) is 11.6 Å². The highest BCUT2D eigenvalue weighted by atomic mass is 15.0. The molecule has 0 saturated heterocycles. The number of pyridine rings is 3. The van der Waals surface area contributed by atoms with Crippen LogP contribution in [-0.4, -0.2) is 36.4 Å². The van der Waals surface area contributed by atoms with Gasteiger partial charge < -0.3 is 0 Å². The summed E-state index contributed by atoms with van der Waals surface area (Å²) in [5.41, 5.74) is 10.2. The van der Waals surface area contributed by atoms with Crippen LogP contribution in [0.5, 0.6) is 0 Å². The molecule has 4 aromatic heterocycles. The molecule has 0 atom stereocenters. The second-order valence-corrected chi connectivity index (χ2v) is 13.3. The largest absolute Gasteiger partial charge is 0.282 e. The second-order valence-electron chi connectivity index (χ2n) is 13.3. The average molecular weight is 682 g/mol. The lowest BCUT2D eigenvalue weighted by atomic mass is 9.97. The monoisotopic (exact) mass is 681 g/mol. The summed E-state index contributed by atoms with van der Waals surface area (Å²) in [5.74, 6) is 1.99. The molecule has 5 heterocycles. The number of rotatable bonds is 6. The Morgan fingerprint density at radius 1 is 0.491 bits per heavy atom. The van der Waals surface area contributed by atoms with E-state index in [1.165, 1.54) is 0 Å². The predicted octanol–water partition coefficient (Wildman–Crippen LogP) is 8.58. The van der Waals surface area contributed by atoms with E-state index in [1.54, 1.807) is 0 Å². The van der Waals surface area contributed by atoms with E-state index >= 15 is 0 Å². The fraction of sp³-hybridized carbons (Fsp3) is 0.0652. The van der Waals surface area contributed by atoms with E-state index in [4.69, 9.17) is 29.9 Å². The number of aromatic nitrogens is 6. The van der Waals surface area contributed by atoms with Crippen molar-refractivity contribution < 1.29 is 0 Å². The van der Waals surface area contributed by atoms with Crippen LogP contribution in [0.1, 0.15) is 17.8 Å². The average Bonchev–Trinajstić information content (AvgIpc) is 3.23. The molecule has 1 aliphatic heterocycles. The van der Waals surface area contributed by atoms with E-state index in [-0.39, 0.29) is 0 Å². The van der Waals surface area contributed by atoms with Crippen LogP contribution in [-0.2, 0) is 6.42 Å². The second kappa shape index (κ2) is 13.0. The minimum absolute atomic E-state index is 0.597. The molecule has 0 N–H and O–H groups in total. The van der Waals surface area contributed by atoms with Gasteiger partial charge in [0.1, 0.15) is 5.82 Å². The maximum Gasteiger partial charge on any atom is 0.163 e. The highest BCUT2D eigenvalue weighted by Gasteiger charge is 2.15. The molecule has 1 aliphatic rings. The van der Waals surface area contributed by atoms with Crippen molar-refractivity contribution in [1.29, 1.82) is 0 Å². The molecule has 0 fully saturated rings. The van der Waals surface area contributed by atoms with Gasteiger partial charge in [-0.3, -0.25) is 19.9 Å². The molecule has 53 heavy (non-hydrogen) atoms. The maximum absolute atomic E-state index is 5.05. The Morgan fingerprint density at radius 3 is 1.77 bits per heavy atom. The molecule has 0 amide bonds. The van der Waals surface area contributed by atoms with Crippen LogP contribution in [0.3, 0.4) is 0 Å². The highest BCUT2D eigenvalue weighted by Crippen LogP contribution is 2.34. The number of fused-ring (bicyclic) bond motifs is 6. The molecule has 0 bridgehead atoms. The zero-order chi connectivity index (χ0) is 35.1. The number of hydrogen-bond donors (Lipinski definition) is 0. The molecular weight excluding hydrogens is 651 g/mol. The highest BCUT2D eigenvalue weighted by molar-refractivity contribution is 6.10. The summed E-state index contributed by atoms with van der Waals surface area (Å²) in [6, 6.07) is 44.0. The summed E-state index contributed by atoms with van der Waals surface area (Å²) < 4.78 is 0. The van der Waals surface area contributed by atoms with Crippen molar-refractivity contribution in [2.45, 2.75) is 12.8 Å². The summed E-state index contributed by atoms with van der Waals surface area (Å²) >= 11 is 0. The third-order valence-electron chi connectivity index (χ3n) is 9.91. The van der Waals surface area contributed by atoms with E-state index < -0.39 is 0 Å². The summed E-state index contributed by atoms with van der Waals surface area (Å²) in [4.78, 5) is 33.9. The van der Waals surface area contributed by atoms with Gasteiger partial charge in [-0.2, -0.15) is 0 Å². The van der Waals surface area contributed by atoms with Crippen LogP contribution >= 0.6 is 0 Å². The van der Waals surface area contributed by atoms with Crippen LogP contribution in [0.2, 0.25) is 0 Å². The third kappa shape index (κ3) is 5.69. The van der Waals surface area contributed by atoms with Crippen LogP contribution in [0.25, 0.3) is 83.8 Å². The topological polar surface area (TPSA) is 89.7 Å². The van der Waals surface area contributed by atoms with Crippen LogP contribution in [0, 0.1) is 0 Å². The van der Waals surface area contributed by atoms with Gasteiger partial charge in [-0.15, -0.1) is 0 Å². The van der Waals surface area contributed by atoms with Crippen LogP contribution in [0.15, 0.2) is 151 Å². The molecule has 0 saturated carbocycles. The van der Waals surface area contributed by atoms with Crippen molar-refractivity contribution in [1.82, 2.24) is 29.9 Å². The minimum Gasteiger partial charge on any atom is -0.282 e. The molecule has 0 radical (unpaired) electrons. The smallest absolute Gasteiger partial charge is 0.163 e. The van der Waals surface area contributed by atoms with E-state index in [0.717, 1.165) is 101 Å². The van der Waals surface area contributed by atoms with Gasteiger partial charge in [0.25, 0.3) is 0 Å². The molecule has 7 nitrogen and oxygen atoms in total. The predicted molar refractivity (Wildman–Crippen MR) is 211 cm³/mol. The molecule has 7 heteroatoms. The van der Waals surface area contributed by atoms with Crippen LogP contribution < -0.4 is 10.6 Å². The molecular formula is C46H31N7. The number of hydrogen-bond acceptors (Lipinski definition) is 7. The van der Waals surface area contributed by atoms with Crippen molar-refractivity contribution in [3.05, 3.63) is 168 Å². The van der Waals surface area contributed by atoms with Crippen molar-refractivity contribution in [3.8, 4) is 45.0 Å². The van der Waals surface area contributed by atoms with E-state index in [2.05, 4.69) is 102 Å². The van der Waals surface area contributed by atoms with Crippen molar-refractivity contribution in [2.24, 2.45) is 4.99 Å². The fourth-order valence-corrected chi connectivity index (χ4v) is 7.36. The first-order valence-electron chi connectivity index (χ1n) is 17.8. The Labute approximate surface area is 305 Å². The van der Waals surface area contributed by atoms with Crippen molar-refractivity contribution in [2.75, 3.05) is 6.54 Å². The standard InChI is InChI=1S/C46H31N7/c1-2-8-29(9-3-1)26-40-51-45(32-18-14-30(15-19-32)38-27-34-10-4-22-47-41(34)43-36(38)12-6-24-49-43)53-46(52-40)33-20-16-31(17-21-33)39-28-35-11-5-23-48-42(35)44-37(39)13-7-25-50-44/h1-4,6-22,24-25,27-28H,5,23,26H2. The lowest BCUT2D eigenvalue weighted by Gasteiger charge is -2.12. The minimum atomic E-state index is 0.597. The van der Waals surface area contributed by atoms with Gasteiger partial charge in [-0.05, 0) is 69.8 Å². The molecule has 10 rings (SSSR count). The van der Waals surface area contributed by atoms with Gasteiger partial charge in [-0.1, -0.05) is 103 Å². The summed E-state index contributed by atoms with van der Waals surface area (Å²) in [7, 11) is 0. The first-order valence-corrected chi connectivity index (χ1v) is 17.8. The number of nitrogens with zero attached hydrogens (tertiary/aromatic N) is 7. The van der Waals surface area contributed by atoms with Crippen molar-refractivity contribution >= 4 is 38.8 Å². The zero-order valence-corrected chi connectivity index (χ0v) is 28.7. The van der Waals surface area contributed by atoms with Crippen LogP contribution in [0.4, 0.5) is 0 Å². The van der Waals surface area contributed by atoms with Gasteiger partial charge in [-0.25, -0.2) is 15.0 Å². The third-order valence-corrected chi connectivity index (χ3v) is 9.91. The van der Waals surface area contributed by atoms with E-state index in [0.29, 0.717) is 18.1 Å². The van der Waals surface area contributed by atoms with E-state index in [9.17, 15) is 0 Å². The Morgan fingerprint density at radius 2 is 1.08 bits per heavy atom. The summed E-state index contributed by atoms with van der Waals surface area (Å²) in [6.07, 6.45) is 9.29. The zero-order valence-electron chi connectivity index (χ0n) is 28.7. The lowest BCUT2D eigenvalue weighted by molar-refractivity contribution is 0.932. The molecule has 5 aromatic carbocycles. The Hall–Kier alpha value is -6.99. The van der Waals surface area contributed by atoms with E-state index in [1.807, 2.05) is 55.0 Å². The molecule has 9 aromatic rings. The molecule has 0 aliphatic carbocycles. The fourth-order valence-electron chi connectivity index (χ4n) is 7.36. The van der Waals surface area contributed by atoms with Gasteiger partial charge >= 0.3 is 0 Å². The first-order chi connectivity index (χ1) is 26.2. The lowest BCUT2D eigenvalue weighted by Crippen LogP contribution is -2.29. The molecule has 0 spiro atoms. The van der Waals surface area contributed by atoms with Gasteiger partial charge in [0, 0.05) is 58.8 Å². The van der Waals surface area contributed by atoms with Crippen molar-refractivity contribution in [3.63, 3.8) is 0 Å². The summed E-state index contributed by atoms with van der Waals surface area (Å²) in [6.45, 7) is 0.800. The Balaban J connectivity index is 1.05. The maximum atomic E-state index is 5.05.